The molecule has 3 amide bonds. The first-order chi connectivity index (χ1) is 16.9. The topological polar surface area (TPSA) is 134 Å². The second-order valence-corrected chi connectivity index (χ2v) is 7.91. The molecule has 1 atom stereocenters. The van der Waals surface area contributed by atoms with Gasteiger partial charge in [-0.05, 0) is 30.3 Å². The molecule has 0 aliphatic carbocycles. The highest BCUT2D eigenvalue weighted by Crippen LogP contribution is 2.25. The van der Waals surface area contributed by atoms with Gasteiger partial charge in [0, 0.05) is 13.1 Å². The van der Waals surface area contributed by atoms with Crippen LogP contribution in [0.5, 0.6) is 0 Å². The number of para-hydroxylation sites is 2. The SMILES string of the molecule is CC(=O)NC[C@H]1CN(c2ccc(-n3cnc(C(=O)Nc4nc5ccccc5[nH]4)c3)c(F)c2)C(=O)O1. The van der Waals surface area contributed by atoms with Crippen molar-refractivity contribution in [3.8, 4) is 5.69 Å². The van der Waals surface area contributed by atoms with Crippen molar-refractivity contribution < 1.29 is 23.5 Å². The van der Waals surface area contributed by atoms with Gasteiger partial charge in [-0.2, -0.15) is 0 Å². The van der Waals surface area contributed by atoms with Crippen LogP contribution in [0.4, 0.5) is 20.8 Å². The summed E-state index contributed by atoms with van der Waals surface area (Å²) in [5, 5.41) is 5.23. The van der Waals surface area contributed by atoms with E-state index in [0.29, 0.717) is 11.2 Å². The number of nitrogens with one attached hydrogen (secondary N) is 3. The van der Waals surface area contributed by atoms with Gasteiger partial charge in [0.15, 0.2) is 0 Å². The number of carbonyl (C=O) groups is 3. The Labute approximate surface area is 197 Å². The summed E-state index contributed by atoms with van der Waals surface area (Å²) in [6.45, 7) is 1.72. The number of H-pyrrole nitrogens is 1. The van der Waals surface area contributed by atoms with Crippen molar-refractivity contribution in [1.82, 2.24) is 24.8 Å². The number of fused-ring (bicyclic) bond motifs is 1. The monoisotopic (exact) mass is 477 g/mol. The summed E-state index contributed by atoms with van der Waals surface area (Å²) in [7, 11) is 0. The Hall–Kier alpha value is -4.74. The van der Waals surface area contributed by atoms with E-state index in [1.807, 2.05) is 24.3 Å². The van der Waals surface area contributed by atoms with Gasteiger partial charge in [-0.3, -0.25) is 19.8 Å². The van der Waals surface area contributed by atoms with Crippen molar-refractivity contribution >= 4 is 40.6 Å². The fraction of sp³-hybridized carbons (Fsp3) is 0.174. The van der Waals surface area contributed by atoms with Crippen LogP contribution in [0.15, 0.2) is 55.0 Å². The van der Waals surface area contributed by atoms with Crippen LogP contribution in [0.1, 0.15) is 17.4 Å². The predicted octanol–water partition coefficient (Wildman–Crippen LogP) is 2.60. The minimum absolute atomic E-state index is 0.0675. The van der Waals surface area contributed by atoms with Crippen LogP contribution in [-0.4, -0.2) is 56.6 Å². The molecule has 2 aromatic carbocycles. The van der Waals surface area contributed by atoms with Crippen molar-refractivity contribution in [2.24, 2.45) is 0 Å². The first kappa shape index (κ1) is 22.1. The maximum atomic E-state index is 14.9. The number of halogens is 1. The summed E-state index contributed by atoms with van der Waals surface area (Å²) in [4.78, 5) is 48.5. The summed E-state index contributed by atoms with van der Waals surface area (Å²) >= 11 is 0. The third kappa shape index (κ3) is 4.53. The minimum atomic E-state index is -0.625. The molecule has 11 nitrogen and oxygen atoms in total. The van der Waals surface area contributed by atoms with Gasteiger partial charge in [0.2, 0.25) is 11.9 Å². The summed E-state index contributed by atoms with van der Waals surface area (Å²) in [6, 6.07) is 11.6. The van der Waals surface area contributed by atoms with Crippen molar-refractivity contribution in [1.29, 1.82) is 0 Å². The molecule has 1 saturated heterocycles. The molecule has 178 valence electrons. The maximum Gasteiger partial charge on any atom is 0.414 e. The molecule has 0 spiro atoms. The molecule has 35 heavy (non-hydrogen) atoms. The molecule has 0 bridgehead atoms. The Kier molecular flexibility index (Phi) is 5.61. The van der Waals surface area contributed by atoms with Crippen LogP contribution >= 0.6 is 0 Å². The van der Waals surface area contributed by atoms with Gasteiger partial charge in [0.1, 0.15) is 23.9 Å². The number of amides is 3. The number of ether oxygens (including phenoxy) is 1. The van der Waals surface area contributed by atoms with Gasteiger partial charge >= 0.3 is 6.09 Å². The van der Waals surface area contributed by atoms with Crippen molar-refractivity contribution in [3.05, 3.63) is 66.5 Å². The molecular weight excluding hydrogens is 457 g/mol. The highest BCUT2D eigenvalue weighted by molar-refractivity contribution is 6.02. The molecule has 12 heteroatoms. The molecule has 5 rings (SSSR count). The third-order valence-corrected chi connectivity index (χ3v) is 5.41. The van der Waals surface area contributed by atoms with E-state index in [0.717, 1.165) is 5.52 Å². The molecule has 0 saturated carbocycles. The van der Waals surface area contributed by atoms with Crippen molar-refractivity contribution in [3.63, 3.8) is 0 Å². The van der Waals surface area contributed by atoms with Gasteiger partial charge < -0.3 is 19.6 Å². The van der Waals surface area contributed by atoms with E-state index in [4.69, 9.17) is 4.74 Å². The van der Waals surface area contributed by atoms with Crippen molar-refractivity contribution in [2.75, 3.05) is 23.3 Å². The number of carbonyl (C=O) groups excluding carboxylic acids is 3. The van der Waals surface area contributed by atoms with E-state index < -0.39 is 23.9 Å². The third-order valence-electron chi connectivity index (χ3n) is 5.41. The van der Waals surface area contributed by atoms with E-state index in [-0.39, 0.29) is 36.3 Å². The van der Waals surface area contributed by atoms with Crippen molar-refractivity contribution in [2.45, 2.75) is 13.0 Å². The van der Waals surface area contributed by atoms with E-state index in [1.54, 1.807) is 6.07 Å². The molecule has 2 aromatic heterocycles. The Morgan fingerprint density at radius 3 is 2.86 bits per heavy atom. The van der Waals surface area contributed by atoms with Gasteiger partial charge in [-0.25, -0.2) is 19.2 Å². The number of hydrogen-bond donors (Lipinski definition) is 3. The lowest BCUT2D eigenvalue weighted by atomic mass is 10.2. The molecule has 0 radical (unpaired) electrons. The highest BCUT2D eigenvalue weighted by atomic mass is 19.1. The number of hydrogen-bond acceptors (Lipinski definition) is 6. The van der Waals surface area contributed by atoms with Gasteiger partial charge in [-0.1, -0.05) is 12.1 Å². The van der Waals surface area contributed by atoms with Gasteiger partial charge in [0.05, 0.1) is 35.5 Å². The largest absolute Gasteiger partial charge is 0.442 e. The molecule has 1 aliphatic rings. The van der Waals surface area contributed by atoms with Gasteiger partial charge in [-0.15, -0.1) is 0 Å². The Bertz CT molecular complexity index is 1410. The molecule has 0 unspecified atom stereocenters. The fourth-order valence-electron chi connectivity index (χ4n) is 3.72. The van der Waals surface area contributed by atoms with Crippen LogP contribution < -0.4 is 15.5 Å². The zero-order valence-electron chi connectivity index (χ0n) is 18.5. The highest BCUT2D eigenvalue weighted by Gasteiger charge is 2.32. The zero-order chi connectivity index (χ0) is 24.5. The lowest BCUT2D eigenvalue weighted by Crippen LogP contribution is -2.33. The normalized spacial score (nSPS) is 15.3. The molecule has 4 aromatic rings. The number of benzene rings is 2. The summed E-state index contributed by atoms with van der Waals surface area (Å²) in [6.07, 6.45) is 1.55. The number of rotatable bonds is 6. The number of anilines is 2. The molecule has 1 fully saturated rings. The number of nitrogens with zero attached hydrogens (tertiary/aromatic N) is 4. The number of imidazole rings is 2. The average Bonchev–Trinajstić information content (AvgIpc) is 3.55. The average molecular weight is 477 g/mol. The van der Waals surface area contributed by atoms with E-state index in [2.05, 4.69) is 25.6 Å². The Morgan fingerprint density at radius 1 is 1.26 bits per heavy atom. The molecule has 3 heterocycles. The summed E-state index contributed by atoms with van der Waals surface area (Å²) < 4.78 is 21.5. The standard InChI is InChI=1S/C23H20FN7O4/c1-13(32)25-9-15-10-31(23(34)35-15)14-6-7-20(16(24)8-14)30-11-19(26-12-30)21(33)29-22-27-17-4-2-3-5-18(17)28-22/h2-8,11-12,15H,9-10H2,1H3,(H,25,32)(H2,27,28,29,33)/t15-/m0/s1. The Balaban J connectivity index is 1.29. The van der Waals surface area contributed by atoms with Gasteiger partial charge in [0.25, 0.3) is 5.91 Å². The molecule has 1 aliphatic heterocycles. The molecular formula is C23H20FN7O4. The number of aromatic amines is 1. The lowest BCUT2D eigenvalue weighted by Gasteiger charge is -2.14. The predicted molar refractivity (Wildman–Crippen MR) is 124 cm³/mol. The second-order valence-electron chi connectivity index (χ2n) is 7.91. The van der Waals surface area contributed by atoms with Crippen LogP contribution in [0, 0.1) is 5.82 Å². The maximum absolute atomic E-state index is 14.9. The van der Waals surface area contributed by atoms with Crippen LogP contribution in [-0.2, 0) is 9.53 Å². The first-order valence-corrected chi connectivity index (χ1v) is 10.7. The zero-order valence-corrected chi connectivity index (χ0v) is 18.5. The quantitative estimate of drug-likeness (QED) is 0.391. The van der Waals surface area contributed by atoms with E-state index >= 15 is 0 Å². The Morgan fingerprint density at radius 2 is 2.09 bits per heavy atom. The summed E-state index contributed by atoms with van der Waals surface area (Å²) in [5.74, 6) is -1.09. The number of aromatic nitrogens is 4. The van der Waals surface area contributed by atoms with E-state index in [1.165, 1.54) is 41.0 Å². The second kappa shape index (κ2) is 8.89. The smallest absolute Gasteiger partial charge is 0.414 e. The van der Waals surface area contributed by atoms with Crippen LogP contribution in [0.3, 0.4) is 0 Å². The first-order valence-electron chi connectivity index (χ1n) is 10.7. The van der Waals surface area contributed by atoms with Crippen LogP contribution in [0.25, 0.3) is 16.7 Å². The fourth-order valence-corrected chi connectivity index (χ4v) is 3.72. The lowest BCUT2D eigenvalue weighted by molar-refractivity contribution is -0.119. The van der Waals surface area contributed by atoms with Crippen LogP contribution in [0.2, 0.25) is 0 Å². The number of cyclic esters (lactones) is 1. The minimum Gasteiger partial charge on any atom is -0.442 e. The molecule has 3 N–H and O–H groups in total. The van der Waals surface area contributed by atoms with E-state index in [9.17, 15) is 18.8 Å². The summed E-state index contributed by atoms with van der Waals surface area (Å²) in [5.41, 5.74) is 2.01.